The molecule has 0 aromatic carbocycles. The minimum atomic E-state index is 0.225. The van der Waals surface area contributed by atoms with Gasteiger partial charge >= 0.3 is 0 Å². The van der Waals surface area contributed by atoms with Crippen LogP contribution < -0.4 is 5.32 Å². The minimum absolute atomic E-state index is 0.225. The maximum Gasteiger partial charge on any atom is 0.0586 e. The number of piperidine rings is 1. The van der Waals surface area contributed by atoms with E-state index in [2.05, 4.69) is 16.4 Å². The summed E-state index contributed by atoms with van der Waals surface area (Å²) in [7, 11) is 0. The summed E-state index contributed by atoms with van der Waals surface area (Å²) in [5.74, 6) is 0. The first-order valence-corrected chi connectivity index (χ1v) is 6.61. The van der Waals surface area contributed by atoms with Crippen molar-refractivity contribution < 1.29 is 4.74 Å². The van der Waals surface area contributed by atoms with E-state index in [0.717, 1.165) is 13.2 Å². The summed E-state index contributed by atoms with van der Waals surface area (Å²) in [5, 5.41) is 3.64. The van der Waals surface area contributed by atoms with Crippen LogP contribution in [-0.4, -0.2) is 30.8 Å². The first-order chi connectivity index (χ1) is 8.39. The third kappa shape index (κ3) is 2.22. The summed E-state index contributed by atoms with van der Waals surface area (Å²) in [6.07, 6.45) is 9.04. The second-order valence-corrected chi connectivity index (χ2v) is 5.37. The number of nitrogens with one attached hydrogen (secondary N) is 1. The molecule has 17 heavy (non-hydrogen) atoms. The molecule has 3 rings (SSSR count). The molecule has 1 unspecified atom stereocenters. The number of hydrogen-bond donors (Lipinski definition) is 1. The third-order valence-electron chi connectivity index (χ3n) is 4.08. The van der Waals surface area contributed by atoms with Crippen LogP contribution in [0.2, 0.25) is 0 Å². The van der Waals surface area contributed by atoms with E-state index in [9.17, 15) is 0 Å². The summed E-state index contributed by atoms with van der Waals surface area (Å²) in [4.78, 5) is 4.25. The molecule has 0 spiro atoms. The highest BCUT2D eigenvalue weighted by Crippen LogP contribution is 2.37. The van der Waals surface area contributed by atoms with Crippen molar-refractivity contribution in [2.45, 2.75) is 37.1 Å². The summed E-state index contributed by atoms with van der Waals surface area (Å²) in [6.45, 7) is 2.89. The molecule has 0 bridgehead atoms. The van der Waals surface area contributed by atoms with Gasteiger partial charge in [-0.2, -0.15) is 0 Å². The lowest BCUT2D eigenvalue weighted by Gasteiger charge is -2.44. The van der Waals surface area contributed by atoms with Crippen LogP contribution in [-0.2, 0) is 10.2 Å². The largest absolute Gasteiger partial charge is 0.379 e. The van der Waals surface area contributed by atoms with Crippen LogP contribution in [0.3, 0.4) is 0 Å². The van der Waals surface area contributed by atoms with Gasteiger partial charge in [-0.05, 0) is 37.4 Å². The molecule has 1 atom stereocenters. The van der Waals surface area contributed by atoms with Crippen LogP contribution in [0.5, 0.6) is 0 Å². The van der Waals surface area contributed by atoms with E-state index in [4.69, 9.17) is 4.74 Å². The van der Waals surface area contributed by atoms with E-state index >= 15 is 0 Å². The molecule has 1 aromatic heterocycles. The molecule has 1 N–H and O–H groups in total. The standard InChI is InChI=1S/C14H20N2O/c1-2-7-16-13(5-1)8-14(10-17-11-14)12-4-3-6-15-9-12/h3-4,6,9,13,16H,1-2,5,7-8,10-11H2. The van der Waals surface area contributed by atoms with Crippen molar-refractivity contribution in [3.63, 3.8) is 0 Å². The molecular formula is C14H20N2O. The lowest BCUT2D eigenvalue weighted by atomic mass is 9.73. The predicted molar refractivity (Wildman–Crippen MR) is 67.0 cm³/mol. The zero-order valence-corrected chi connectivity index (χ0v) is 10.2. The normalized spacial score (nSPS) is 27.4. The smallest absolute Gasteiger partial charge is 0.0586 e. The van der Waals surface area contributed by atoms with Gasteiger partial charge in [0.05, 0.1) is 13.2 Å². The molecule has 2 fully saturated rings. The van der Waals surface area contributed by atoms with Crippen molar-refractivity contribution in [1.82, 2.24) is 10.3 Å². The lowest BCUT2D eigenvalue weighted by molar-refractivity contribution is -0.0697. The Kier molecular flexibility index (Phi) is 3.12. The number of aromatic nitrogens is 1. The first kappa shape index (κ1) is 11.2. The van der Waals surface area contributed by atoms with E-state index < -0.39 is 0 Å². The second kappa shape index (κ2) is 4.75. The molecular weight excluding hydrogens is 212 g/mol. The quantitative estimate of drug-likeness (QED) is 0.864. The summed E-state index contributed by atoms with van der Waals surface area (Å²) < 4.78 is 5.48. The van der Waals surface area contributed by atoms with E-state index in [1.54, 1.807) is 0 Å². The Hall–Kier alpha value is -0.930. The van der Waals surface area contributed by atoms with Gasteiger partial charge in [0.15, 0.2) is 0 Å². The molecule has 0 radical (unpaired) electrons. The number of nitrogens with zero attached hydrogens (tertiary/aromatic N) is 1. The maximum atomic E-state index is 5.48. The molecule has 1 aromatic rings. The summed E-state index contributed by atoms with van der Waals surface area (Å²) in [6, 6.07) is 4.88. The van der Waals surface area contributed by atoms with E-state index in [1.165, 1.54) is 37.8 Å². The minimum Gasteiger partial charge on any atom is -0.379 e. The van der Waals surface area contributed by atoms with Gasteiger partial charge in [0, 0.05) is 23.9 Å². The molecule has 92 valence electrons. The van der Waals surface area contributed by atoms with Crippen molar-refractivity contribution in [3.05, 3.63) is 30.1 Å². The Morgan fingerprint density at radius 2 is 2.35 bits per heavy atom. The number of rotatable bonds is 3. The average Bonchev–Trinajstić information content (AvgIpc) is 2.36. The molecule has 3 heteroatoms. The fourth-order valence-corrected chi connectivity index (χ4v) is 3.00. The SMILES string of the molecule is c1cncc(C2(CC3CCCCN3)COC2)c1. The molecule has 3 nitrogen and oxygen atoms in total. The summed E-state index contributed by atoms with van der Waals surface area (Å²) >= 11 is 0. The van der Waals surface area contributed by atoms with Crippen LogP contribution in [0.1, 0.15) is 31.2 Å². The van der Waals surface area contributed by atoms with E-state index in [0.29, 0.717) is 6.04 Å². The van der Waals surface area contributed by atoms with Gasteiger partial charge in [-0.15, -0.1) is 0 Å². The van der Waals surface area contributed by atoms with E-state index in [1.807, 2.05) is 18.5 Å². The zero-order valence-electron chi connectivity index (χ0n) is 10.2. The van der Waals surface area contributed by atoms with Gasteiger partial charge < -0.3 is 10.1 Å². The Morgan fingerprint density at radius 1 is 1.41 bits per heavy atom. The number of hydrogen-bond acceptors (Lipinski definition) is 3. The monoisotopic (exact) mass is 232 g/mol. The predicted octanol–water partition coefficient (Wildman–Crippen LogP) is 1.88. The van der Waals surface area contributed by atoms with Gasteiger partial charge in [-0.1, -0.05) is 12.5 Å². The van der Waals surface area contributed by atoms with Crippen molar-refractivity contribution >= 4 is 0 Å². The number of ether oxygens (including phenoxy) is 1. The van der Waals surface area contributed by atoms with E-state index in [-0.39, 0.29) is 5.41 Å². The van der Waals surface area contributed by atoms with Crippen molar-refractivity contribution in [2.24, 2.45) is 0 Å². The van der Waals surface area contributed by atoms with Gasteiger partial charge in [-0.3, -0.25) is 4.98 Å². The maximum absolute atomic E-state index is 5.48. The van der Waals surface area contributed by atoms with Gasteiger partial charge in [0.2, 0.25) is 0 Å². The molecule has 0 aliphatic carbocycles. The molecule has 2 saturated heterocycles. The van der Waals surface area contributed by atoms with Gasteiger partial charge in [0.1, 0.15) is 0 Å². The fourth-order valence-electron chi connectivity index (χ4n) is 3.00. The van der Waals surface area contributed by atoms with Gasteiger partial charge in [-0.25, -0.2) is 0 Å². The highest BCUT2D eigenvalue weighted by molar-refractivity contribution is 5.25. The van der Waals surface area contributed by atoms with Crippen molar-refractivity contribution in [3.8, 4) is 0 Å². The average molecular weight is 232 g/mol. The Morgan fingerprint density at radius 3 is 2.94 bits per heavy atom. The molecule has 0 saturated carbocycles. The second-order valence-electron chi connectivity index (χ2n) is 5.37. The highest BCUT2D eigenvalue weighted by atomic mass is 16.5. The molecule has 3 heterocycles. The Bertz CT molecular complexity index is 356. The molecule has 2 aliphatic heterocycles. The fraction of sp³-hybridized carbons (Fsp3) is 0.643. The third-order valence-corrected chi connectivity index (χ3v) is 4.08. The Labute approximate surface area is 103 Å². The van der Waals surface area contributed by atoms with Crippen molar-refractivity contribution in [1.29, 1.82) is 0 Å². The molecule has 0 amide bonds. The van der Waals surface area contributed by atoms with Crippen LogP contribution in [0.4, 0.5) is 0 Å². The van der Waals surface area contributed by atoms with Crippen LogP contribution >= 0.6 is 0 Å². The molecule has 2 aliphatic rings. The zero-order chi connectivity index (χ0) is 11.6. The highest BCUT2D eigenvalue weighted by Gasteiger charge is 2.42. The summed E-state index contributed by atoms with van der Waals surface area (Å²) in [5.41, 5.74) is 1.57. The lowest BCUT2D eigenvalue weighted by Crippen LogP contribution is -2.51. The van der Waals surface area contributed by atoms with Crippen LogP contribution in [0.15, 0.2) is 24.5 Å². The van der Waals surface area contributed by atoms with Crippen molar-refractivity contribution in [2.75, 3.05) is 19.8 Å². The topological polar surface area (TPSA) is 34.2 Å². The van der Waals surface area contributed by atoms with Gasteiger partial charge in [0.25, 0.3) is 0 Å². The number of pyridine rings is 1. The van der Waals surface area contributed by atoms with Crippen LogP contribution in [0.25, 0.3) is 0 Å². The van der Waals surface area contributed by atoms with Crippen LogP contribution in [0, 0.1) is 0 Å². The first-order valence-electron chi connectivity index (χ1n) is 6.61. The Balaban J connectivity index is 1.73.